The van der Waals surface area contributed by atoms with Crippen molar-refractivity contribution in [1.29, 1.82) is 0 Å². The Kier molecular flexibility index (Phi) is 13.1. The standard InChI is InChI=1S/C43H64O10/c1-27-19-29(21-31(36(27)46)39(3,4)5)13-15-34(44)49-23-41(9,10)33-17-18-43(25-48-33)26-51-38(52-53-43)42(11,12)24-50-35(45)16-14-30-20-28(2)37(47)32(22-30)40(6,7)8/h19-22,33,38,46-47H,13-18,23-26H2,1-12H3. The smallest absolute Gasteiger partial charge is 0.306 e. The van der Waals surface area contributed by atoms with Crippen molar-refractivity contribution >= 4 is 11.9 Å². The summed E-state index contributed by atoms with van der Waals surface area (Å²) < 4.78 is 23.8. The third kappa shape index (κ3) is 11.0. The number of rotatable bonds is 12. The van der Waals surface area contributed by atoms with Crippen LogP contribution in [0.1, 0.15) is 128 Å². The molecule has 2 aliphatic heterocycles. The zero-order valence-electron chi connectivity index (χ0n) is 34.2. The van der Waals surface area contributed by atoms with Gasteiger partial charge in [-0.3, -0.25) is 9.59 Å². The lowest BCUT2D eigenvalue weighted by molar-refractivity contribution is -0.497. The molecular weight excluding hydrogens is 676 g/mol. The van der Waals surface area contributed by atoms with Crippen LogP contribution < -0.4 is 0 Å². The van der Waals surface area contributed by atoms with Gasteiger partial charge in [0.25, 0.3) is 0 Å². The lowest BCUT2D eigenvalue weighted by atomic mass is 9.80. The molecule has 2 aromatic rings. The molecule has 296 valence electrons. The number of benzene rings is 2. The average molecular weight is 741 g/mol. The van der Waals surface area contributed by atoms with Gasteiger partial charge in [-0.05, 0) is 83.7 Å². The van der Waals surface area contributed by atoms with E-state index in [9.17, 15) is 19.8 Å². The zero-order valence-corrected chi connectivity index (χ0v) is 34.2. The number of carbonyl (C=O) groups is 2. The molecule has 10 heteroatoms. The first-order chi connectivity index (χ1) is 24.4. The van der Waals surface area contributed by atoms with Gasteiger partial charge >= 0.3 is 11.9 Å². The number of hydrogen-bond acceptors (Lipinski definition) is 10. The molecule has 2 heterocycles. The summed E-state index contributed by atoms with van der Waals surface area (Å²) in [6.45, 7) is 24.8. The third-order valence-corrected chi connectivity index (χ3v) is 10.5. The van der Waals surface area contributed by atoms with Gasteiger partial charge < -0.3 is 29.2 Å². The largest absolute Gasteiger partial charge is 0.507 e. The average Bonchev–Trinajstić information content (AvgIpc) is 3.06. The topological polar surface area (TPSA) is 130 Å². The third-order valence-electron chi connectivity index (χ3n) is 10.5. The predicted molar refractivity (Wildman–Crippen MR) is 203 cm³/mol. The molecule has 0 amide bonds. The van der Waals surface area contributed by atoms with Gasteiger partial charge in [0.2, 0.25) is 0 Å². The van der Waals surface area contributed by atoms with E-state index < -0.39 is 22.7 Å². The zero-order chi connectivity index (χ0) is 39.6. The monoisotopic (exact) mass is 740 g/mol. The van der Waals surface area contributed by atoms with E-state index in [1.807, 2.05) is 65.8 Å². The molecule has 4 rings (SSSR count). The maximum absolute atomic E-state index is 12.8. The van der Waals surface area contributed by atoms with Gasteiger partial charge in [-0.1, -0.05) is 93.5 Å². The highest BCUT2D eigenvalue weighted by molar-refractivity contribution is 5.70. The minimum atomic E-state index is -0.755. The number of carbonyl (C=O) groups excluding carboxylic acids is 2. The minimum Gasteiger partial charge on any atom is -0.507 e. The van der Waals surface area contributed by atoms with Crippen LogP contribution in [-0.4, -0.2) is 66.6 Å². The van der Waals surface area contributed by atoms with E-state index in [4.69, 9.17) is 28.7 Å². The minimum absolute atomic E-state index is 0.0900. The summed E-state index contributed by atoms with van der Waals surface area (Å²) >= 11 is 0. The summed E-state index contributed by atoms with van der Waals surface area (Å²) in [6, 6.07) is 7.79. The molecule has 1 spiro atoms. The van der Waals surface area contributed by atoms with Crippen molar-refractivity contribution in [3.05, 3.63) is 57.6 Å². The maximum Gasteiger partial charge on any atom is 0.306 e. The van der Waals surface area contributed by atoms with Crippen LogP contribution in [0.15, 0.2) is 24.3 Å². The summed E-state index contributed by atoms with van der Waals surface area (Å²) in [5.41, 5.74) is 3.02. The molecule has 53 heavy (non-hydrogen) atoms. The van der Waals surface area contributed by atoms with E-state index in [1.165, 1.54) is 0 Å². The molecule has 10 nitrogen and oxygen atoms in total. The fraction of sp³-hybridized carbons (Fsp3) is 0.674. The van der Waals surface area contributed by atoms with Crippen LogP contribution in [0.5, 0.6) is 11.5 Å². The van der Waals surface area contributed by atoms with Crippen molar-refractivity contribution in [1.82, 2.24) is 0 Å². The first kappa shape index (κ1) is 42.6. The van der Waals surface area contributed by atoms with Gasteiger partial charge in [0, 0.05) is 18.3 Å². The SMILES string of the molecule is Cc1cc(CCC(=O)OCC(C)(C)C2CCC3(CO2)COC(C(C)(C)COC(=O)CCc2cc(C)c(O)c(C(C)(C)C)c2)OO3)cc(C(C)(C)C)c1O. The number of phenolic OH excluding ortho intramolecular Hbond substituents is 2. The van der Waals surface area contributed by atoms with Crippen molar-refractivity contribution in [3.8, 4) is 11.5 Å². The fourth-order valence-corrected chi connectivity index (χ4v) is 6.85. The number of aromatic hydroxyl groups is 2. The lowest BCUT2D eigenvalue weighted by Crippen LogP contribution is -2.57. The Morgan fingerprint density at radius 1 is 0.717 bits per heavy atom. The van der Waals surface area contributed by atoms with Gasteiger partial charge in [-0.25, -0.2) is 9.78 Å². The summed E-state index contributed by atoms with van der Waals surface area (Å²) in [5, 5.41) is 21.0. The molecule has 2 aromatic carbocycles. The van der Waals surface area contributed by atoms with Crippen molar-refractivity contribution in [2.75, 3.05) is 26.4 Å². The van der Waals surface area contributed by atoms with Gasteiger partial charge in [0.1, 0.15) is 18.1 Å². The molecule has 0 bridgehead atoms. The van der Waals surface area contributed by atoms with Crippen LogP contribution in [0, 0.1) is 24.7 Å². The van der Waals surface area contributed by atoms with E-state index in [1.54, 1.807) is 0 Å². The first-order valence-corrected chi connectivity index (χ1v) is 19.0. The predicted octanol–water partition coefficient (Wildman–Crippen LogP) is 8.24. The maximum atomic E-state index is 12.8. The Morgan fingerprint density at radius 2 is 1.17 bits per heavy atom. The Hall–Kier alpha value is -3.18. The Bertz CT molecular complexity index is 1470. The van der Waals surface area contributed by atoms with Gasteiger partial charge in [-0.2, -0.15) is 0 Å². The van der Waals surface area contributed by atoms with E-state index in [0.717, 1.165) is 33.4 Å². The summed E-state index contributed by atoms with van der Waals surface area (Å²) in [6.07, 6.45) is 1.90. The lowest BCUT2D eigenvalue weighted by Gasteiger charge is -2.47. The van der Waals surface area contributed by atoms with Crippen molar-refractivity contribution in [2.45, 2.75) is 150 Å². The summed E-state index contributed by atoms with van der Waals surface area (Å²) in [7, 11) is 0. The van der Waals surface area contributed by atoms with Crippen molar-refractivity contribution in [3.63, 3.8) is 0 Å². The second-order valence-corrected chi connectivity index (χ2v) is 18.8. The number of esters is 2. The Balaban J connectivity index is 1.19. The molecule has 2 fully saturated rings. The molecule has 0 radical (unpaired) electrons. The molecule has 3 unspecified atom stereocenters. The number of ether oxygens (including phenoxy) is 4. The number of hydrogen-bond donors (Lipinski definition) is 2. The van der Waals surface area contributed by atoms with E-state index >= 15 is 0 Å². The van der Waals surface area contributed by atoms with Crippen LogP contribution in [-0.2, 0) is 62.0 Å². The van der Waals surface area contributed by atoms with Crippen LogP contribution in [0.4, 0.5) is 0 Å². The molecule has 3 atom stereocenters. The normalized spacial score (nSPS) is 21.4. The number of aryl methyl sites for hydroxylation is 4. The Morgan fingerprint density at radius 3 is 1.57 bits per heavy atom. The van der Waals surface area contributed by atoms with Crippen LogP contribution >= 0.6 is 0 Å². The molecule has 0 aromatic heterocycles. The molecular formula is C43H64O10. The van der Waals surface area contributed by atoms with Gasteiger partial charge in [-0.15, -0.1) is 0 Å². The van der Waals surface area contributed by atoms with Gasteiger partial charge in [0.15, 0.2) is 11.9 Å². The van der Waals surface area contributed by atoms with Crippen LogP contribution in [0.3, 0.4) is 0 Å². The van der Waals surface area contributed by atoms with E-state index in [0.29, 0.717) is 37.2 Å². The second-order valence-electron chi connectivity index (χ2n) is 18.8. The number of phenols is 2. The van der Waals surface area contributed by atoms with Crippen LogP contribution in [0.2, 0.25) is 0 Å². The van der Waals surface area contributed by atoms with E-state index in [-0.39, 0.29) is 68.1 Å². The summed E-state index contributed by atoms with van der Waals surface area (Å²) in [5.74, 6) is 0.0131. The highest BCUT2D eigenvalue weighted by Crippen LogP contribution is 2.40. The van der Waals surface area contributed by atoms with Crippen molar-refractivity contribution < 1.29 is 48.5 Å². The first-order valence-electron chi connectivity index (χ1n) is 19.0. The Labute approximate surface area is 316 Å². The van der Waals surface area contributed by atoms with Gasteiger partial charge in [0.05, 0.1) is 31.3 Å². The molecule has 0 saturated carbocycles. The quantitative estimate of drug-likeness (QED) is 0.162. The molecule has 2 N–H and O–H groups in total. The van der Waals surface area contributed by atoms with Crippen molar-refractivity contribution in [2.24, 2.45) is 10.8 Å². The highest BCUT2D eigenvalue weighted by atomic mass is 17.2. The fourth-order valence-electron chi connectivity index (χ4n) is 6.85. The highest BCUT2D eigenvalue weighted by Gasteiger charge is 2.49. The molecule has 2 aliphatic rings. The second kappa shape index (κ2) is 16.3. The summed E-state index contributed by atoms with van der Waals surface area (Å²) in [4.78, 5) is 37.2. The van der Waals surface area contributed by atoms with E-state index in [2.05, 4.69) is 41.5 Å². The van der Waals surface area contributed by atoms with Crippen LogP contribution in [0.25, 0.3) is 0 Å². The molecule has 0 aliphatic carbocycles. The molecule has 2 saturated heterocycles.